The van der Waals surface area contributed by atoms with Crippen LogP contribution < -0.4 is 9.47 Å². The van der Waals surface area contributed by atoms with Crippen LogP contribution >= 0.6 is 0 Å². The Morgan fingerprint density at radius 2 is 0.786 bits per heavy atom. The predicted octanol–water partition coefficient (Wildman–Crippen LogP) is 7.14. The van der Waals surface area contributed by atoms with Crippen LogP contribution in [-0.2, 0) is 12.8 Å². The molecule has 1 heterocycles. The number of aryl methyl sites for hydroxylation is 2. The van der Waals surface area contributed by atoms with E-state index in [1.54, 1.807) is 0 Å². The van der Waals surface area contributed by atoms with Crippen LogP contribution in [-0.4, -0.2) is 13.2 Å². The molecule has 2 aromatic rings. The van der Waals surface area contributed by atoms with E-state index in [4.69, 9.17) is 9.47 Å². The van der Waals surface area contributed by atoms with Crippen LogP contribution in [0.25, 0.3) is 0 Å². The van der Waals surface area contributed by atoms with Crippen LogP contribution in [0.5, 0.6) is 11.5 Å². The second kappa shape index (κ2) is 12.5. The summed E-state index contributed by atoms with van der Waals surface area (Å²) in [6, 6.07) is 17.0. The smallest absolute Gasteiger partial charge is 0.122 e. The first kappa shape index (κ1) is 20.8. The monoisotopic (exact) mass is 380 g/mol. The van der Waals surface area contributed by atoms with E-state index in [0.717, 1.165) is 50.4 Å². The van der Waals surface area contributed by atoms with Crippen molar-refractivity contribution in [3.05, 3.63) is 59.7 Å². The summed E-state index contributed by atoms with van der Waals surface area (Å²) in [6.45, 7) is 1.66. The van der Waals surface area contributed by atoms with Crippen molar-refractivity contribution in [3.8, 4) is 11.5 Å². The summed E-state index contributed by atoms with van der Waals surface area (Å²) in [4.78, 5) is 0. The molecule has 2 aromatic carbocycles. The molecule has 152 valence electrons. The van der Waals surface area contributed by atoms with Crippen LogP contribution in [0.3, 0.4) is 0 Å². The molecule has 0 N–H and O–H groups in total. The van der Waals surface area contributed by atoms with Gasteiger partial charge in [-0.05, 0) is 48.9 Å². The summed E-state index contributed by atoms with van der Waals surface area (Å²) >= 11 is 0. The molecule has 0 bridgehead atoms. The molecule has 0 saturated carbocycles. The first-order valence-corrected chi connectivity index (χ1v) is 11.3. The Morgan fingerprint density at radius 1 is 0.429 bits per heavy atom. The third-order valence-corrected chi connectivity index (χ3v) is 5.66. The van der Waals surface area contributed by atoms with E-state index < -0.39 is 0 Å². The van der Waals surface area contributed by atoms with E-state index in [9.17, 15) is 0 Å². The van der Waals surface area contributed by atoms with Gasteiger partial charge in [0.1, 0.15) is 11.5 Å². The zero-order valence-corrected chi connectivity index (χ0v) is 17.3. The molecular formula is C26H36O2. The fraction of sp³-hybridized carbons (Fsp3) is 0.538. The lowest BCUT2D eigenvalue weighted by Crippen LogP contribution is -2.03. The van der Waals surface area contributed by atoms with E-state index in [1.807, 2.05) is 0 Å². The molecule has 0 unspecified atom stereocenters. The fourth-order valence-corrected chi connectivity index (χ4v) is 3.95. The van der Waals surface area contributed by atoms with Crippen molar-refractivity contribution in [1.29, 1.82) is 0 Å². The van der Waals surface area contributed by atoms with Crippen molar-refractivity contribution in [2.45, 2.75) is 77.0 Å². The van der Waals surface area contributed by atoms with E-state index >= 15 is 0 Å². The maximum absolute atomic E-state index is 6.13. The lowest BCUT2D eigenvalue weighted by atomic mass is 10.0. The largest absolute Gasteiger partial charge is 0.493 e. The van der Waals surface area contributed by atoms with E-state index in [2.05, 4.69) is 48.5 Å². The molecule has 0 saturated heterocycles. The number of rotatable bonds is 0. The molecule has 0 fully saturated rings. The van der Waals surface area contributed by atoms with E-state index in [-0.39, 0.29) is 0 Å². The third kappa shape index (κ3) is 7.22. The zero-order chi connectivity index (χ0) is 19.3. The molecule has 0 radical (unpaired) electrons. The molecule has 0 aromatic heterocycles. The number of benzene rings is 2. The summed E-state index contributed by atoms with van der Waals surface area (Å²) in [6.07, 6.45) is 15.0. The molecule has 0 atom stereocenters. The van der Waals surface area contributed by atoms with Gasteiger partial charge >= 0.3 is 0 Å². The van der Waals surface area contributed by atoms with Crippen LogP contribution in [0.15, 0.2) is 48.5 Å². The lowest BCUT2D eigenvalue weighted by Gasteiger charge is -2.14. The normalized spacial score (nSPS) is 18.0. The van der Waals surface area contributed by atoms with Gasteiger partial charge in [0.25, 0.3) is 0 Å². The first-order chi connectivity index (χ1) is 13.9. The van der Waals surface area contributed by atoms with Gasteiger partial charge in [-0.25, -0.2) is 0 Å². The number of para-hydroxylation sites is 2. The summed E-state index contributed by atoms with van der Waals surface area (Å²) in [7, 11) is 0. The number of hydrogen-bond donors (Lipinski definition) is 0. The van der Waals surface area contributed by atoms with Crippen LogP contribution in [0, 0.1) is 0 Å². The molecule has 1 aliphatic rings. The molecule has 28 heavy (non-hydrogen) atoms. The maximum atomic E-state index is 6.13. The quantitative estimate of drug-likeness (QED) is 0.483. The minimum atomic E-state index is 0.830. The van der Waals surface area contributed by atoms with Gasteiger partial charge in [0.05, 0.1) is 13.2 Å². The number of hydrogen-bond acceptors (Lipinski definition) is 2. The Hall–Kier alpha value is -1.96. The Kier molecular flexibility index (Phi) is 9.26. The first-order valence-electron chi connectivity index (χ1n) is 11.3. The van der Waals surface area contributed by atoms with E-state index in [0.29, 0.717) is 0 Å². The SMILES string of the molecule is c1ccc2c(c1)CCc1ccccc1OCCCCCCCCCCCCO2. The minimum Gasteiger partial charge on any atom is -0.493 e. The Morgan fingerprint density at radius 3 is 1.21 bits per heavy atom. The molecule has 0 spiro atoms. The average molecular weight is 381 g/mol. The lowest BCUT2D eigenvalue weighted by molar-refractivity contribution is 0.298. The second-order valence-electron chi connectivity index (χ2n) is 7.95. The van der Waals surface area contributed by atoms with E-state index in [1.165, 1.54) is 62.5 Å². The predicted molar refractivity (Wildman–Crippen MR) is 117 cm³/mol. The standard InChI is InChI=1S/C26H36O2/c1-2-4-6-8-14-22-28-26-18-12-10-16-24(26)20-19-23-15-9-11-17-25(23)27-21-13-7-5-3-1/h9-12,15-18H,1-8,13-14,19-22H2. The summed E-state index contributed by atoms with van der Waals surface area (Å²) < 4.78 is 12.3. The van der Waals surface area contributed by atoms with Gasteiger partial charge in [0.15, 0.2) is 0 Å². The summed E-state index contributed by atoms with van der Waals surface area (Å²) in [5.41, 5.74) is 2.60. The van der Waals surface area contributed by atoms with Gasteiger partial charge in [-0.15, -0.1) is 0 Å². The highest BCUT2D eigenvalue weighted by Gasteiger charge is 2.07. The topological polar surface area (TPSA) is 18.5 Å². The van der Waals surface area contributed by atoms with Crippen LogP contribution in [0.1, 0.15) is 75.3 Å². The highest BCUT2D eigenvalue weighted by Crippen LogP contribution is 2.24. The van der Waals surface area contributed by atoms with Crippen molar-refractivity contribution in [2.24, 2.45) is 0 Å². The van der Waals surface area contributed by atoms with Crippen LogP contribution in [0.4, 0.5) is 0 Å². The Balaban J connectivity index is 1.63. The average Bonchev–Trinajstić information content (AvgIpc) is 2.73. The molecule has 0 aliphatic carbocycles. The second-order valence-corrected chi connectivity index (χ2v) is 7.95. The molecule has 1 aliphatic heterocycles. The summed E-state index contributed by atoms with van der Waals surface area (Å²) in [5.74, 6) is 2.10. The highest BCUT2D eigenvalue weighted by molar-refractivity contribution is 5.37. The molecule has 2 nitrogen and oxygen atoms in total. The van der Waals surface area contributed by atoms with Gasteiger partial charge in [-0.1, -0.05) is 87.8 Å². The van der Waals surface area contributed by atoms with Crippen molar-refractivity contribution in [2.75, 3.05) is 13.2 Å². The molecule has 3 rings (SSSR count). The van der Waals surface area contributed by atoms with Crippen LogP contribution in [0.2, 0.25) is 0 Å². The molecule has 0 amide bonds. The van der Waals surface area contributed by atoms with Crippen molar-refractivity contribution >= 4 is 0 Å². The Labute approximate surface area is 171 Å². The van der Waals surface area contributed by atoms with Crippen molar-refractivity contribution < 1.29 is 9.47 Å². The van der Waals surface area contributed by atoms with Gasteiger partial charge in [-0.2, -0.15) is 0 Å². The number of ether oxygens (including phenoxy) is 2. The van der Waals surface area contributed by atoms with Gasteiger partial charge in [0.2, 0.25) is 0 Å². The maximum Gasteiger partial charge on any atom is 0.122 e. The Bertz CT molecular complexity index is 620. The van der Waals surface area contributed by atoms with Gasteiger partial charge in [-0.3, -0.25) is 0 Å². The van der Waals surface area contributed by atoms with Gasteiger partial charge in [0, 0.05) is 0 Å². The van der Waals surface area contributed by atoms with Crippen molar-refractivity contribution in [3.63, 3.8) is 0 Å². The molecule has 2 heteroatoms. The minimum absolute atomic E-state index is 0.830. The molecular weight excluding hydrogens is 344 g/mol. The third-order valence-electron chi connectivity index (χ3n) is 5.66. The summed E-state index contributed by atoms with van der Waals surface area (Å²) in [5, 5.41) is 0. The highest BCUT2D eigenvalue weighted by atomic mass is 16.5. The zero-order valence-electron chi connectivity index (χ0n) is 17.3. The number of fused-ring (bicyclic) bond motifs is 2. The fourth-order valence-electron chi connectivity index (χ4n) is 3.95. The van der Waals surface area contributed by atoms with Crippen molar-refractivity contribution in [1.82, 2.24) is 0 Å². The van der Waals surface area contributed by atoms with Gasteiger partial charge < -0.3 is 9.47 Å².